The van der Waals surface area contributed by atoms with E-state index in [1.807, 2.05) is 0 Å². The summed E-state index contributed by atoms with van der Waals surface area (Å²) in [4.78, 5) is 11.8. The van der Waals surface area contributed by atoms with Gasteiger partial charge in [-0.15, -0.1) is 11.3 Å². The minimum absolute atomic E-state index is 0.400. The highest BCUT2D eigenvalue weighted by Gasteiger charge is 2.19. The van der Waals surface area contributed by atoms with Crippen molar-refractivity contribution in [2.45, 2.75) is 12.5 Å². The predicted molar refractivity (Wildman–Crippen MR) is 56.4 cm³/mol. The molecule has 0 aliphatic carbocycles. The first kappa shape index (κ1) is 12.5. The Balaban J connectivity index is 2.47. The fourth-order valence-electron chi connectivity index (χ4n) is 0.822. The van der Waals surface area contributed by atoms with E-state index in [9.17, 15) is 13.6 Å². The molecule has 1 aromatic rings. The molecule has 0 saturated heterocycles. The summed E-state index contributed by atoms with van der Waals surface area (Å²) in [7, 11) is 0. The van der Waals surface area contributed by atoms with Gasteiger partial charge in [0.05, 0.1) is 0 Å². The molecule has 1 rings (SSSR count). The van der Waals surface area contributed by atoms with Gasteiger partial charge in [-0.05, 0) is 27.4 Å². The van der Waals surface area contributed by atoms with Crippen molar-refractivity contribution in [2.75, 3.05) is 6.54 Å². The molecule has 7 heteroatoms. The second-order valence-corrected chi connectivity index (χ2v) is 4.48. The van der Waals surface area contributed by atoms with Crippen molar-refractivity contribution in [1.29, 1.82) is 0 Å². The Labute approximate surface area is 97.2 Å². The lowest BCUT2D eigenvalue weighted by molar-refractivity contribution is -0.00268. The van der Waals surface area contributed by atoms with E-state index in [2.05, 4.69) is 21.2 Å². The quantitative estimate of drug-likeness (QED) is 0.892. The average molecular weight is 300 g/mol. The van der Waals surface area contributed by atoms with Gasteiger partial charge in [0.25, 0.3) is 12.3 Å². The van der Waals surface area contributed by atoms with Gasteiger partial charge in [0.2, 0.25) is 0 Å². The number of aliphatic hydroxyl groups excluding tert-OH is 1. The summed E-state index contributed by atoms with van der Waals surface area (Å²) in [5, 5.41) is 12.7. The summed E-state index contributed by atoms with van der Waals surface area (Å²) in [5.74, 6) is -0.475. The number of aliphatic hydroxyl groups is 1. The third kappa shape index (κ3) is 3.51. The molecule has 0 spiro atoms. The first-order valence-electron chi connectivity index (χ1n) is 3.99. The van der Waals surface area contributed by atoms with E-state index in [4.69, 9.17) is 5.11 Å². The fourth-order valence-corrected chi connectivity index (χ4v) is 2.29. The predicted octanol–water partition coefficient (Wildman–Crippen LogP) is 1.87. The first-order valence-corrected chi connectivity index (χ1v) is 5.67. The summed E-state index contributed by atoms with van der Waals surface area (Å²) in [6.07, 6.45) is -4.68. The molecule has 1 aromatic heterocycles. The molecule has 0 aromatic carbocycles. The number of carbonyl (C=O) groups excluding carboxylic acids is 1. The van der Waals surface area contributed by atoms with E-state index < -0.39 is 25.0 Å². The largest absolute Gasteiger partial charge is 0.385 e. The number of hydrogen-bond acceptors (Lipinski definition) is 3. The Morgan fingerprint density at radius 3 is 2.80 bits per heavy atom. The van der Waals surface area contributed by atoms with E-state index in [1.165, 1.54) is 11.3 Å². The van der Waals surface area contributed by atoms with E-state index in [0.717, 1.165) is 0 Å². The van der Waals surface area contributed by atoms with Crippen LogP contribution >= 0.6 is 27.3 Å². The zero-order valence-electron chi connectivity index (χ0n) is 7.41. The summed E-state index contributed by atoms with van der Waals surface area (Å²) in [5.41, 5.74) is 0. The topological polar surface area (TPSA) is 49.3 Å². The Morgan fingerprint density at radius 1 is 1.67 bits per heavy atom. The fraction of sp³-hybridized carbons (Fsp3) is 0.375. The van der Waals surface area contributed by atoms with Gasteiger partial charge in [-0.2, -0.15) is 0 Å². The molecule has 1 amide bonds. The highest BCUT2D eigenvalue weighted by Crippen LogP contribution is 2.22. The van der Waals surface area contributed by atoms with Crippen LogP contribution in [0.2, 0.25) is 0 Å². The third-order valence-electron chi connectivity index (χ3n) is 1.59. The maximum Gasteiger partial charge on any atom is 0.265 e. The van der Waals surface area contributed by atoms with Crippen LogP contribution in [-0.4, -0.2) is 30.1 Å². The zero-order chi connectivity index (χ0) is 11.4. The molecule has 0 bridgehead atoms. The lowest BCUT2D eigenvalue weighted by atomic mass is 10.3. The number of thiophene rings is 1. The van der Waals surface area contributed by atoms with Crippen LogP contribution < -0.4 is 5.32 Å². The normalized spacial score (nSPS) is 12.9. The van der Waals surface area contributed by atoms with Crippen molar-refractivity contribution in [1.82, 2.24) is 5.32 Å². The molecule has 0 aliphatic rings. The van der Waals surface area contributed by atoms with E-state index in [1.54, 1.807) is 11.4 Å². The SMILES string of the molecule is O=C(NCC(O)C(F)F)c1sccc1Br. The lowest BCUT2D eigenvalue weighted by Crippen LogP contribution is -2.35. The molecule has 0 radical (unpaired) electrons. The van der Waals surface area contributed by atoms with Gasteiger partial charge in [-0.25, -0.2) is 8.78 Å². The number of halogens is 3. The molecule has 0 saturated carbocycles. The van der Waals surface area contributed by atoms with Gasteiger partial charge in [0.15, 0.2) is 0 Å². The Hall–Kier alpha value is -0.530. The Bertz CT molecular complexity index is 345. The van der Waals surface area contributed by atoms with Gasteiger partial charge in [0, 0.05) is 11.0 Å². The van der Waals surface area contributed by atoms with Crippen LogP contribution in [-0.2, 0) is 0 Å². The Morgan fingerprint density at radius 2 is 2.33 bits per heavy atom. The van der Waals surface area contributed by atoms with Gasteiger partial charge >= 0.3 is 0 Å². The van der Waals surface area contributed by atoms with Gasteiger partial charge in [-0.1, -0.05) is 0 Å². The second-order valence-electron chi connectivity index (χ2n) is 2.71. The molecule has 0 aliphatic heterocycles. The molecule has 2 N–H and O–H groups in total. The minimum atomic E-state index is -2.85. The van der Waals surface area contributed by atoms with Crippen LogP contribution in [0.25, 0.3) is 0 Å². The van der Waals surface area contributed by atoms with Crippen molar-refractivity contribution in [3.63, 3.8) is 0 Å². The van der Waals surface area contributed by atoms with Crippen molar-refractivity contribution < 1.29 is 18.7 Å². The summed E-state index contributed by atoms with van der Waals surface area (Å²) < 4.78 is 24.4. The number of amides is 1. The third-order valence-corrected chi connectivity index (χ3v) is 3.42. The molecule has 3 nitrogen and oxygen atoms in total. The van der Waals surface area contributed by atoms with Gasteiger partial charge in [-0.3, -0.25) is 4.79 Å². The smallest absolute Gasteiger partial charge is 0.265 e. The van der Waals surface area contributed by atoms with Crippen molar-refractivity contribution in [3.8, 4) is 0 Å². The zero-order valence-corrected chi connectivity index (χ0v) is 9.82. The van der Waals surface area contributed by atoms with Crippen LogP contribution in [0.1, 0.15) is 9.67 Å². The Kier molecular flexibility index (Phi) is 4.62. The van der Waals surface area contributed by atoms with Crippen LogP contribution in [0.3, 0.4) is 0 Å². The number of hydrogen-bond donors (Lipinski definition) is 2. The van der Waals surface area contributed by atoms with Crippen molar-refractivity contribution >= 4 is 33.2 Å². The van der Waals surface area contributed by atoms with Crippen molar-refractivity contribution in [2.24, 2.45) is 0 Å². The molecular formula is C8H8BrF2NO2S. The van der Waals surface area contributed by atoms with E-state index in [-0.39, 0.29) is 0 Å². The summed E-state index contributed by atoms with van der Waals surface area (Å²) in [6.45, 7) is -0.458. The van der Waals surface area contributed by atoms with Crippen LogP contribution in [0.4, 0.5) is 8.78 Å². The van der Waals surface area contributed by atoms with Crippen LogP contribution in [0.15, 0.2) is 15.9 Å². The molecule has 1 heterocycles. The first-order chi connectivity index (χ1) is 7.02. The highest BCUT2D eigenvalue weighted by atomic mass is 79.9. The standard InChI is InChI=1S/C8H8BrF2NO2S/c9-4-1-2-15-6(4)8(14)12-3-5(13)7(10)11/h1-2,5,7,13H,3H2,(H,12,14). The van der Waals surface area contributed by atoms with Crippen molar-refractivity contribution in [3.05, 3.63) is 20.8 Å². The number of carbonyl (C=O) groups is 1. The number of alkyl halides is 2. The molecule has 84 valence electrons. The van der Waals surface area contributed by atoms with Crippen LogP contribution in [0.5, 0.6) is 0 Å². The minimum Gasteiger partial charge on any atom is -0.385 e. The number of nitrogens with one attached hydrogen (secondary N) is 1. The molecule has 1 atom stereocenters. The number of rotatable bonds is 4. The molecule has 15 heavy (non-hydrogen) atoms. The molecule has 1 unspecified atom stereocenters. The van der Waals surface area contributed by atoms with Gasteiger partial charge < -0.3 is 10.4 Å². The highest BCUT2D eigenvalue weighted by molar-refractivity contribution is 9.10. The monoisotopic (exact) mass is 299 g/mol. The summed E-state index contributed by atoms with van der Waals surface area (Å²) >= 11 is 4.33. The molecule has 0 fully saturated rings. The lowest BCUT2D eigenvalue weighted by Gasteiger charge is -2.09. The molecular weight excluding hydrogens is 292 g/mol. The van der Waals surface area contributed by atoms with Crippen LogP contribution in [0, 0.1) is 0 Å². The van der Waals surface area contributed by atoms with E-state index in [0.29, 0.717) is 9.35 Å². The van der Waals surface area contributed by atoms with E-state index >= 15 is 0 Å². The van der Waals surface area contributed by atoms with Gasteiger partial charge in [0.1, 0.15) is 11.0 Å². The average Bonchev–Trinajstić information content (AvgIpc) is 2.60. The maximum absolute atomic E-state index is 11.9. The maximum atomic E-state index is 11.9. The summed E-state index contributed by atoms with van der Waals surface area (Å²) in [6, 6.07) is 1.68. The second kappa shape index (κ2) is 5.53.